The summed E-state index contributed by atoms with van der Waals surface area (Å²) in [5.41, 5.74) is 0.785. The monoisotopic (exact) mass is 357 g/mol. The second kappa shape index (κ2) is 5.27. The first-order valence-electron chi connectivity index (χ1n) is 5.88. The van der Waals surface area contributed by atoms with Crippen molar-refractivity contribution >= 4 is 50.6 Å². The first kappa shape index (κ1) is 13.2. The quantitative estimate of drug-likeness (QED) is 0.769. The highest BCUT2D eigenvalue weighted by Crippen LogP contribution is 2.39. The zero-order chi connectivity index (χ0) is 13.4. The summed E-state index contributed by atoms with van der Waals surface area (Å²) in [6.07, 6.45) is 2.27. The van der Waals surface area contributed by atoms with Crippen molar-refractivity contribution in [2.24, 2.45) is 0 Å². The van der Waals surface area contributed by atoms with Gasteiger partial charge in [-0.05, 0) is 31.0 Å². The molecule has 0 bridgehead atoms. The summed E-state index contributed by atoms with van der Waals surface area (Å²) >= 11 is 15.6. The van der Waals surface area contributed by atoms with Crippen LogP contribution in [0.3, 0.4) is 0 Å². The van der Waals surface area contributed by atoms with Gasteiger partial charge in [0, 0.05) is 16.5 Å². The highest BCUT2D eigenvalue weighted by Gasteiger charge is 2.27. The number of rotatable bonds is 3. The van der Waals surface area contributed by atoms with Gasteiger partial charge in [-0.15, -0.1) is 0 Å². The largest absolute Gasteiger partial charge is 0.339 e. The van der Waals surface area contributed by atoms with Crippen LogP contribution in [0.25, 0.3) is 0 Å². The predicted molar refractivity (Wildman–Crippen MR) is 81.5 cm³/mol. The van der Waals surface area contributed by atoms with E-state index in [0.717, 1.165) is 28.8 Å². The fraction of sp³-hybridized carbons (Fsp3) is 0.231. The van der Waals surface area contributed by atoms with Crippen molar-refractivity contribution in [3.63, 3.8) is 0 Å². The molecule has 0 radical (unpaired) electrons. The minimum Gasteiger partial charge on any atom is -0.339 e. The topological polar surface area (TPSA) is 37.8 Å². The Kier molecular flexibility index (Phi) is 3.65. The van der Waals surface area contributed by atoms with Crippen LogP contribution in [0.15, 0.2) is 28.7 Å². The molecule has 0 amide bonds. The molecule has 1 N–H and O–H groups in total. The third kappa shape index (κ3) is 3.19. The van der Waals surface area contributed by atoms with Crippen molar-refractivity contribution in [2.75, 3.05) is 5.32 Å². The average molecular weight is 359 g/mol. The van der Waals surface area contributed by atoms with Crippen LogP contribution in [-0.4, -0.2) is 9.97 Å². The lowest BCUT2D eigenvalue weighted by Gasteiger charge is -2.09. The van der Waals surface area contributed by atoms with E-state index in [1.165, 1.54) is 0 Å². The third-order valence-electron chi connectivity index (χ3n) is 2.85. The summed E-state index contributed by atoms with van der Waals surface area (Å²) in [6.45, 7) is 0. The Bertz CT molecular complexity index is 629. The summed E-state index contributed by atoms with van der Waals surface area (Å²) in [5.74, 6) is 1.93. The SMILES string of the molecule is Clc1cc(Nc2cc(Br)ccc2Cl)nc(C2CC2)n1. The van der Waals surface area contributed by atoms with Gasteiger partial charge in [0.05, 0.1) is 10.7 Å². The normalized spacial score (nSPS) is 14.5. The average Bonchev–Trinajstić information content (AvgIpc) is 3.17. The summed E-state index contributed by atoms with van der Waals surface area (Å²) in [5, 5.41) is 4.26. The number of nitrogens with zero attached hydrogens (tertiary/aromatic N) is 2. The lowest BCUT2D eigenvalue weighted by molar-refractivity contribution is 0.931. The van der Waals surface area contributed by atoms with Gasteiger partial charge in [-0.25, -0.2) is 9.97 Å². The van der Waals surface area contributed by atoms with E-state index >= 15 is 0 Å². The molecule has 0 saturated heterocycles. The molecule has 6 heteroatoms. The molecule has 1 aromatic carbocycles. The minimum atomic E-state index is 0.450. The summed E-state index contributed by atoms with van der Waals surface area (Å²) in [4.78, 5) is 8.73. The van der Waals surface area contributed by atoms with Crippen molar-refractivity contribution in [1.29, 1.82) is 0 Å². The molecule has 1 aliphatic rings. The standard InChI is InChI=1S/C13H10BrCl2N3/c14-8-3-4-9(15)10(5-8)17-12-6-11(16)18-13(19-12)7-1-2-7/h3-7H,1-2H2,(H,17,18,19). The molecule has 0 spiro atoms. The molecule has 1 heterocycles. The van der Waals surface area contributed by atoms with Crippen LogP contribution in [0.5, 0.6) is 0 Å². The fourth-order valence-corrected chi connectivity index (χ4v) is 2.47. The van der Waals surface area contributed by atoms with Gasteiger partial charge in [0.15, 0.2) is 0 Å². The number of benzene rings is 1. The zero-order valence-electron chi connectivity index (χ0n) is 9.83. The van der Waals surface area contributed by atoms with Crippen molar-refractivity contribution in [2.45, 2.75) is 18.8 Å². The number of aromatic nitrogens is 2. The molecule has 0 atom stereocenters. The number of anilines is 2. The van der Waals surface area contributed by atoms with Crippen LogP contribution in [0.1, 0.15) is 24.6 Å². The molecule has 0 aliphatic heterocycles. The van der Waals surface area contributed by atoms with Crippen LogP contribution < -0.4 is 5.32 Å². The molecule has 3 nitrogen and oxygen atoms in total. The Labute approximate surface area is 129 Å². The van der Waals surface area contributed by atoms with Crippen molar-refractivity contribution in [3.05, 3.63) is 44.7 Å². The van der Waals surface area contributed by atoms with Crippen LogP contribution >= 0.6 is 39.1 Å². The molecule has 1 fully saturated rings. The number of hydrogen-bond acceptors (Lipinski definition) is 3. The van der Waals surface area contributed by atoms with E-state index in [0.29, 0.717) is 21.9 Å². The van der Waals surface area contributed by atoms with E-state index in [-0.39, 0.29) is 0 Å². The maximum Gasteiger partial charge on any atom is 0.135 e. The first-order valence-corrected chi connectivity index (χ1v) is 7.43. The molecule has 2 aromatic rings. The van der Waals surface area contributed by atoms with E-state index in [4.69, 9.17) is 23.2 Å². The van der Waals surface area contributed by atoms with Gasteiger partial charge in [-0.3, -0.25) is 0 Å². The van der Waals surface area contributed by atoms with Gasteiger partial charge in [-0.1, -0.05) is 39.1 Å². The maximum absolute atomic E-state index is 6.14. The Balaban J connectivity index is 1.92. The Morgan fingerprint density at radius 3 is 2.68 bits per heavy atom. The molecule has 98 valence electrons. The number of hydrogen-bond donors (Lipinski definition) is 1. The number of nitrogens with one attached hydrogen (secondary N) is 1. The smallest absolute Gasteiger partial charge is 0.135 e. The summed E-state index contributed by atoms with van der Waals surface area (Å²) in [7, 11) is 0. The second-order valence-corrected chi connectivity index (χ2v) is 6.17. The zero-order valence-corrected chi connectivity index (χ0v) is 12.9. The fourth-order valence-electron chi connectivity index (χ4n) is 1.75. The van der Waals surface area contributed by atoms with Crippen molar-refractivity contribution < 1.29 is 0 Å². The molecular formula is C13H10BrCl2N3. The molecule has 19 heavy (non-hydrogen) atoms. The van der Waals surface area contributed by atoms with Crippen LogP contribution in [0.2, 0.25) is 10.2 Å². The second-order valence-electron chi connectivity index (χ2n) is 4.46. The molecule has 0 unspecified atom stereocenters. The molecule has 1 aromatic heterocycles. The van der Waals surface area contributed by atoms with Gasteiger partial charge in [-0.2, -0.15) is 0 Å². The van der Waals surface area contributed by atoms with Gasteiger partial charge < -0.3 is 5.32 Å². The highest BCUT2D eigenvalue weighted by molar-refractivity contribution is 9.10. The first-order chi connectivity index (χ1) is 9.11. The molecule has 1 saturated carbocycles. The summed E-state index contributed by atoms with van der Waals surface area (Å²) in [6, 6.07) is 7.30. The highest BCUT2D eigenvalue weighted by atomic mass is 79.9. The summed E-state index contributed by atoms with van der Waals surface area (Å²) < 4.78 is 0.946. The van der Waals surface area contributed by atoms with Gasteiger partial charge in [0.2, 0.25) is 0 Å². The van der Waals surface area contributed by atoms with Gasteiger partial charge in [0.25, 0.3) is 0 Å². The van der Waals surface area contributed by atoms with E-state index in [1.807, 2.05) is 18.2 Å². The van der Waals surface area contributed by atoms with Crippen LogP contribution in [0.4, 0.5) is 11.5 Å². The molecule has 1 aliphatic carbocycles. The minimum absolute atomic E-state index is 0.450. The van der Waals surface area contributed by atoms with Crippen LogP contribution in [0, 0.1) is 0 Å². The van der Waals surface area contributed by atoms with E-state index in [9.17, 15) is 0 Å². The Morgan fingerprint density at radius 1 is 1.16 bits per heavy atom. The molecule has 3 rings (SSSR count). The van der Waals surface area contributed by atoms with E-state index in [2.05, 4.69) is 31.2 Å². The lowest BCUT2D eigenvalue weighted by Crippen LogP contribution is -2.00. The maximum atomic E-state index is 6.14. The van der Waals surface area contributed by atoms with Crippen molar-refractivity contribution in [1.82, 2.24) is 9.97 Å². The van der Waals surface area contributed by atoms with Crippen LogP contribution in [-0.2, 0) is 0 Å². The van der Waals surface area contributed by atoms with Gasteiger partial charge in [0.1, 0.15) is 16.8 Å². The Morgan fingerprint density at radius 2 is 1.95 bits per heavy atom. The predicted octanol–water partition coefficient (Wildman–Crippen LogP) is 5.17. The van der Waals surface area contributed by atoms with Gasteiger partial charge >= 0.3 is 0 Å². The molecular weight excluding hydrogens is 349 g/mol. The van der Waals surface area contributed by atoms with E-state index in [1.54, 1.807) is 6.07 Å². The third-order valence-corrected chi connectivity index (χ3v) is 3.86. The van der Waals surface area contributed by atoms with E-state index < -0.39 is 0 Å². The number of halogens is 3. The Hall–Kier alpha value is -0.840. The van der Waals surface area contributed by atoms with Crippen molar-refractivity contribution in [3.8, 4) is 0 Å². The lowest BCUT2D eigenvalue weighted by atomic mass is 10.3.